The maximum absolute atomic E-state index is 12.5. The zero-order valence-electron chi connectivity index (χ0n) is 16.7. The van der Waals surface area contributed by atoms with Crippen molar-refractivity contribution in [3.05, 3.63) is 17.7 Å². The van der Waals surface area contributed by atoms with Crippen LogP contribution in [0.15, 0.2) is 12.1 Å². The van der Waals surface area contributed by atoms with Gasteiger partial charge < -0.3 is 19.6 Å². The number of carbonyl (C=O) groups excluding carboxylic acids is 1. The number of carbonyl (C=O) groups is 2. The van der Waals surface area contributed by atoms with Crippen LogP contribution in [0.25, 0.3) is 11.0 Å². The summed E-state index contributed by atoms with van der Waals surface area (Å²) in [6.45, 7) is 9.62. The van der Waals surface area contributed by atoms with Crippen molar-refractivity contribution in [2.24, 2.45) is 0 Å². The molecule has 28 heavy (non-hydrogen) atoms. The number of nitrogens with zero attached hydrogens (tertiary/aromatic N) is 4. The lowest BCUT2D eigenvalue weighted by molar-refractivity contribution is 0.0149. The highest BCUT2D eigenvalue weighted by molar-refractivity contribution is 6.04. The first kappa shape index (κ1) is 19.9. The van der Waals surface area contributed by atoms with Gasteiger partial charge in [0.1, 0.15) is 16.6 Å². The number of hydrogen-bond donors (Lipinski definition) is 2. The lowest BCUT2D eigenvalue weighted by Gasteiger charge is -2.39. The summed E-state index contributed by atoms with van der Waals surface area (Å²) in [5.74, 6) is -1.03. The number of amides is 1. The number of aromatic amines is 1. The van der Waals surface area contributed by atoms with Gasteiger partial charge in [0.2, 0.25) is 0 Å². The predicted molar refractivity (Wildman–Crippen MR) is 105 cm³/mol. The van der Waals surface area contributed by atoms with Crippen molar-refractivity contribution in [1.82, 2.24) is 20.3 Å². The van der Waals surface area contributed by atoms with E-state index in [0.717, 1.165) is 31.6 Å². The Morgan fingerprint density at radius 3 is 2.46 bits per heavy atom. The molecule has 9 heteroatoms. The number of hydrogen-bond acceptors (Lipinski definition) is 6. The molecular formula is C19H27N5O4. The van der Waals surface area contributed by atoms with Crippen molar-refractivity contribution in [3.63, 3.8) is 0 Å². The Balaban J connectivity index is 1.73. The van der Waals surface area contributed by atoms with Gasteiger partial charge >= 0.3 is 12.1 Å². The van der Waals surface area contributed by atoms with E-state index in [0.29, 0.717) is 17.6 Å². The summed E-state index contributed by atoms with van der Waals surface area (Å²) in [6.07, 6.45) is 1.32. The van der Waals surface area contributed by atoms with E-state index in [2.05, 4.69) is 20.3 Å². The summed E-state index contributed by atoms with van der Waals surface area (Å²) in [4.78, 5) is 27.8. The molecule has 9 nitrogen and oxygen atoms in total. The fourth-order valence-electron chi connectivity index (χ4n) is 3.62. The zero-order chi connectivity index (χ0) is 20.5. The average molecular weight is 389 g/mol. The normalized spacial score (nSPS) is 15.6. The molecule has 2 heterocycles. The van der Waals surface area contributed by atoms with Gasteiger partial charge in [-0.05, 0) is 52.7 Å². The summed E-state index contributed by atoms with van der Waals surface area (Å²) in [5, 5.41) is 20.0. The van der Waals surface area contributed by atoms with Crippen LogP contribution in [0.4, 0.5) is 10.5 Å². The van der Waals surface area contributed by atoms with E-state index in [1.165, 1.54) is 0 Å². The first-order valence-electron chi connectivity index (χ1n) is 9.52. The molecule has 0 atom stereocenters. The van der Waals surface area contributed by atoms with Crippen molar-refractivity contribution in [2.75, 3.05) is 24.5 Å². The van der Waals surface area contributed by atoms with E-state index in [9.17, 15) is 14.7 Å². The number of aromatic carboxylic acids is 1. The Hall–Kier alpha value is -2.84. The first-order chi connectivity index (χ1) is 13.2. The molecule has 1 amide bonds. The fraction of sp³-hybridized carbons (Fsp3) is 0.579. The third-order valence-electron chi connectivity index (χ3n) is 4.90. The lowest BCUT2D eigenvalue weighted by atomic mass is 10.0. The van der Waals surface area contributed by atoms with Gasteiger partial charge in [0, 0.05) is 25.7 Å². The second kappa shape index (κ2) is 7.65. The molecule has 0 radical (unpaired) electrons. The standard InChI is InChI=1S/C19H27N5O4/c1-5-24(18(27)28-19(2,3)4)12-8-10-23(11-9-12)14-7-6-13(17(25)26)15-16(14)21-22-20-15/h6-7,12H,5,8-11H2,1-4H3,(H,25,26)(H,20,21,22). The quantitative estimate of drug-likeness (QED) is 0.827. The number of piperidine rings is 1. The second-order valence-corrected chi connectivity index (χ2v) is 7.94. The van der Waals surface area contributed by atoms with Crippen LogP contribution in [-0.2, 0) is 4.74 Å². The minimum atomic E-state index is -1.03. The Bertz CT molecular complexity index is 865. The number of benzene rings is 1. The van der Waals surface area contributed by atoms with Gasteiger partial charge in [-0.2, -0.15) is 15.4 Å². The van der Waals surface area contributed by atoms with Gasteiger partial charge in [0.15, 0.2) is 0 Å². The van der Waals surface area contributed by atoms with Gasteiger partial charge in [-0.15, -0.1) is 0 Å². The van der Waals surface area contributed by atoms with E-state index in [1.807, 2.05) is 27.7 Å². The van der Waals surface area contributed by atoms with E-state index in [1.54, 1.807) is 17.0 Å². The maximum atomic E-state index is 12.5. The molecule has 1 saturated heterocycles. The molecule has 152 valence electrons. The van der Waals surface area contributed by atoms with Gasteiger partial charge in [-0.3, -0.25) is 0 Å². The van der Waals surface area contributed by atoms with E-state index in [-0.39, 0.29) is 17.7 Å². The average Bonchev–Trinajstić information content (AvgIpc) is 3.10. The Labute approximate surface area is 163 Å². The van der Waals surface area contributed by atoms with Crippen LogP contribution < -0.4 is 4.90 Å². The Kier molecular flexibility index (Phi) is 5.44. The molecule has 1 fully saturated rings. The summed E-state index contributed by atoms with van der Waals surface area (Å²) in [7, 11) is 0. The number of ether oxygens (including phenoxy) is 1. The molecule has 1 aliphatic heterocycles. The number of carboxylic acid groups (broad SMARTS) is 1. The highest BCUT2D eigenvalue weighted by Crippen LogP contribution is 2.30. The number of anilines is 1. The molecule has 0 saturated carbocycles. The summed E-state index contributed by atoms with van der Waals surface area (Å²) in [6, 6.07) is 3.45. The number of carboxylic acids is 1. The van der Waals surface area contributed by atoms with Crippen LogP contribution in [0.3, 0.4) is 0 Å². The number of H-pyrrole nitrogens is 1. The molecule has 0 aliphatic carbocycles. The third-order valence-corrected chi connectivity index (χ3v) is 4.90. The number of rotatable bonds is 4. The minimum Gasteiger partial charge on any atom is -0.478 e. The second-order valence-electron chi connectivity index (χ2n) is 7.94. The van der Waals surface area contributed by atoms with Crippen LogP contribution in [-0.4, -0.2) is 68.8 Å². The topological polar surface area (TPSA) is 112 Å². The van der Waals surface area contributed by atoms with Crippen LogP contribution in [0.1, 0.15) is 50.9 Å². The van der Waals surface area contributed by atoms with Crippen molar-refractivity contribution < 1.29 is 19.4 Å². The van der Waals surface area contributed by atoms with Crippen LogP contribution >= 0.6 is 0 Å². The van der Waals surface area contributed by atoms with Gasteiger partial charge in [0.05, 0.1) is 11.3 Å². The van der Waals surface area contributed by atoms with Crippen molar-refractivity contribution in [2.45, 2.75) is 52.2 Å². The van der Waals surface area contributed by atoms with Gasteiger partial charge in [0.25, 0.3) is 0 Å². The molecule has 0 unspecified atom stereocenters. The van der Waals surface area contributed by atoms with E-state index >= 15 is 0 Å². The number of fused-ring (bicyclic) bond motifs is 1. The lowest BCUT2D eigenvalue weighted by Crippen LogP contribution is -2.48. The minimum absolute atomic E-state index is 0.113. The zero-order valence-corrected chi connectivity index (χ0v) is 16.7. The molecular weight excluding hydrogens is 362 g/mol. The van der Waals surface area contributed by atoms with Crippen LogP contribution in [0.2, 0.25) is 0 Å². The largest absolute Gasteiger partial charge is 0.478 e. The maximum Gasteiger partial charge on any atom is 0.410 e. The molecule has 0 spiro atoms. The monoisotopic (exact) mass is 389 g/mol. The van der Waals surface area contributed by atoms with Crippen LogP contribution in [0, 0.1) is 0 Å². The Morgan fingerprint density at radius 2 is 1.89 bits per heavy atom. The van der Waals surface area contributed by atoms with Gasteiger partial charge in [-0.25, -0.2) is 9.59 Å². The molecule has 2 N–H and O–H groups in total. The molecule has 1 aromatic carbocycles. The molecule has 0 bridgehead atoms. The number of nitrogens with one attached hydrogen (secondary N) is 1. The molecule has 1 aromatic heterocycles. The SMILES string of the molecule is CCN(C(=O)OC(C)(C)C)C1CCN(c2ccc(C(=O)O)c3n[nH]nc23)CC1. The summed E-state index contributed by atoms with van der Waals surface area (Å²) in [5.41, 5.74) is 1.38. The third kappa shape index (κ3) is 4.02. The number of aromatic nitrogens is 3. The van der Waals surface area contributed by atoms with E-state index in [4.69, 9.17) is 4.74 Å². The van der Waals surface area contributed by atoms with Crippen molar-refractivity contribution >= 4 is 28.8 Å². The fourth-order valence-corrected chi connectivity index (χ4v) is 3.62. The highest BCUT2D eigenvalue weighted by Gasteiger charge is 2.31. The van der Waals surface area contributed by atoms with Gasteiger partial charge in [-0.1, -0.05) is 0 Å². The van der Waals surface area contributed by atoms with E-state index < -0.39 is 11.6 Å². The highest BCUT2D eigenvalue weighted by atomic mass is 16.6. The summed E-state index contributed by atoms with van der Waals surface area (Å²) >= 11 is 0. The Morgan fingerprint density at radius 1 is 1.25 bits per heavy atom. The van der Waals surface area contributed by atoms with Crippen LogP contribution in [0.5, 0.6) is 0 Å². The predicted octanol–water partition coefficient (Wildman–Crippen LogP) is 2.88. The summed E-state index contributed by atoms with van der Waals surface area (Å²) < 4.78 is 5.53. The first-order valence-corrected chi connectivity index (χ1v) is 9.52. The molecule has 1 aliphatic rings. The molecule has 3 rings (SSSR count). The smallest absolute Gasteiger partial charge is 0.410 e. The van der Waals surface area contributed by atoms with Crippen molar-refractivity contribution in [1.29, 1.82) is 0 Å². The molecule has 2 aromatic rings. The van der Waals surface area contributed by atoms with Crippen molar-refractivity contribution in [3.8, 4) is 0 Å².